The predicted octanol–water partition coefficient (Wildman–Crippen LogP) is 1.89. The second kappa shape index (κ2) is 5.53. The monoisotopic (exact) mass is 301 g/mol. The first-order valence-corrected chi connectivity index (χ1v) is 5.27. The van der Waals surface area contributed by atoms with Crippen LogP contribution in [0.5, 0.6) is 0 Å². The highest BCUT2D eigenvalue weighted by Gasteiger charge is 2.17. The first kappa shape index (κ1) is 13.3. The van der Waals surface area contributed by atoms with Gasteiger partial charge in [0.15, 0.2) is 6.29 Å². The Kier molecular flexibility index (Phi) is 4.33. The molecule has 0 saturated heterocycles. The molecule has 1 aromatic rings. The number of carbonyl (C=O) groups is 2. The first-order chi connectivity index (χ1) is 7.99. The number of benzene rings is 1. The largest absolute Gasteiger partial charge is 0.469 e. The molecule has 0 atom stereocenters. The Morgan fingerprint density at radius 1 is 1.59 bits per heavy atom. The van der Waals surface area contributed by atoms with Gasteiger partial charge in [-0.25, -0.2) is 0 Å². The van der Waals surface area contributed by atoms with Crippen LogP contribution in [0.15, 0.2) is 16.6 Å². The maximum absolute atomic E-state index is 11.1. The molecule has 0 fully saturated rings. The highest BCUT2D eigenvalue weighted by molar-refractivity contribution is 9.10. The zero-order chi connectivity index (χ0) is 13.0. The SMILES string of the molecule is COC(=O)Cc1cc([N+](=O)[O-])cc(Br)c1C=O. The summed E-state index contributed by atoms with van der Waals surface area (Å²) in [5, 5.41) is 10.6. The van der Waals surface area contributed by atoms with E-state index in [2.05, 4.69) is 20.7 Å². The Labute approximate surface area is 105 Å². The van der Waals surface area contributed by atoms with Gasteiger partial charge in [0, 0.05) is 22.2 Å². The maximum Gasteiger partial charge on any atom is 0.310 e. The topological polar surface area (TPSA) is 86.5 Å². The molecule has 7 heteroatoms. The van der Waals surface area contributed by atoms with Gasteiger partial charge >= 0.3 is 5.97 Å². The molecule has 0 N–H and O–H groups in total. The summed E-state index contributed by atoms with van der Waals surface area (Å²) in [5.41, 5.74) is 0.273. The van der Waals surface area contributed by atoms with Gasteiger partial charge in [-0.15, -0.1) is 0 Å². The van der Waals surface area contributed by atoms with Crippen LogP contribution in [0.2, 0.25) is 0 Å². The van der Waals surface area contributed by atoms with E-state index < -0.39 is 10.9 Å². The number of halogens is 1. The molecule has 1 aromatic carbocycles. The van der Waals surface area contributed by atoms with E-state index in [4.69, 9.17) is 0 Å². The number of hydrogen-bond donors (Lipinski definition) is 0. The number of hydrogen-bond acceptors (Lipinski definition) is 5. The number of ether oxygens (including phenoxy) is 1. The fourth-order valence-electron chi connectivity index (χ4n) is 1.27. The summed E-state index contributed by atoms with van der Waals surface area (Å²) < 4.78 is 4.73. The Hall–Kier alpha value is -1.76. The minimum atomic E-state index is -0.597. The Bertz CT molecular complexity index is 486. The number of methoxy groups -OCH3 is 1. The van der Waals surface area contributed by atoms with Crippen LogP contribution >= 0.6 is 15.9 Å². The zero-order valence-electron chi connectivity index (χ0n) is 8.81. The van der Waals surface area contributed by atoms with Crippen LogP contribution < -0.4 is 0 Å². The van der Waals surface area contributed by atoms with E-state index >= 15 is 0 Å². The summed E-state index contributed by atoms with van der Waals surface area (Å²) >= 11 is 3.05. The second-order valence-corrected chi connectivity index (χ2v) is 3.98. The number of nitrogens with zero attached hydrogens (tertiary/aromatic N) is 1. The molecule has 6 nitrogen and oxygen atoms in total. The average molecular weight is 302 g/mol. The molecule has 0 aromatic heterocycles. The summed E-state index contributed by atoms with van der Waals surface area (Å²) in [6.07, 6.45) is 0.344. The lowest BCUT2D eigenvalue weighted by Crippen LogP contribution is -2.08. The third-order valence-corrected chi connectivity index (χ3v) is 2.75. The van der Waals surface area contributed by atoms with Crippen molar-refractivity contribution in [3.63, 3.8) is 0 Å². The van der Waals surface area contributed by atoms with E-state index in [1.165, 1.54) is 19.2 Å². The highest BCUT2D eigenvalue weighted by atomic mass is 79.9. The van der Waals surface area contributed by atoms with Gasteiger partial charge in [0.1, 0.15) is 0 Å². The number of nitro groups is 1. The number of rotatable bonds is 4. The van der Waals surface area contributed by atoms with Crippen molar-refractivity contribution in [2.24, 2.45) is 0 Å². The van der Waals surface area contributed by atoms with Gasteiger partial charge in [0.05, 0.1) is 18.5 Å². The van der Waals surface area contributed by atoms with Crippen LogP contribution in [0.3, 0.4) is 0 Å². The van der Waals surface area contributed by atoms with Crippen molar-refractivity contribution < 1.29 is 19.2 Å². The van der Waals surface area contributed by atoms with E-state index in [0.29, 0.717) is 6.29 Å². The van der Waals surface area contributed by atoms with Crippen LogP contribution in [0, 0.1) is 10.1 Å². The Balaban J connectivity index is 3.28. The molecule has 17 heavy (non-hydrogen) atoms. The number of non-ortho nitro benzene ring substituents is 1. The summed E-state index contributed by atoms with van der Waals surface area (Å²) in [6.45, 7) is 0. The molecule has 90 valence electrons. The van der Waals surface area contributed by atoms with E-state index in [1.807, 2.05) is 0 Å². The van der Waals surface area contributed by atoms with Gasteiger partial charge in [0.25, 0.3) is 5.69 Å². The number of esters is 1. The lowest BCUT2D eigenvalue weighted by Gasteiger charge is -2.05. The van der Waals surface area contributed by atoms with Gasteiger partial charge in [-0.05, 0) is 21.5 Å². The van der Waals surface area contributed by atoms with Crippen molar-refractivity contribution in [1.82, 2.24) is 0 Å². The summed E-state index contributed by atoms with van der Waals surface area (Å²) in [4.78, 5) is 32.0. The third-order valence-electron chi connectivity index (χ3n) is 2.09. The van der Waals surface area contributed by atoms with E-state index in [0.717, 1.165) is 0 Å². The highest BCUT2D eigenvalue weighted by Crippen LogP contribution is 2.26. The normalized spacial score (nSPS) is 9.76. The molecule has 0 radical (unpaired) electrons. The van der Waals surface area contributed by atoms with Crippen LogP contribution in [0.1, 0.15) is 15.9 Å². The molecule has 0 aliphatic carbocycles. The van der Waals surface area contributed by atoms with E-state index in [1.54, 1.807) is 0 Å². The van der Waals surface area contributed by atoms with Crippen molar-refractivity contribution in [1.29, 1.82) is 0 Å². The molecule has 0 saturated carbocycles. The Morgan fingerprint density at radius 2 is 2.24 bits per heavy atom. The zero-order valence-corrected chi connectivity index (χ0v) is 10.4. The van der Waals surface area contributed by atoms with Crippen molar-refractivity contribution in [3.05, 3.63) is 37.8 Å². The van der Waals surface area contributed by atoms with Gasteiger partial charge < -0.3 is 4.74 Å². The first-order valence-electron chi connectivity index (χ1n) is 4.48. The molecule has 0 bridgehead atoms. The van der Waals surface area contributed by atoms with Gasteiger partial charge in [-0.2, -0.15) is 0 Å². The smallest absolute Gasteiger partial charge is 0.310 e. The molecule has 0 spiro atoms. The lowest BCUT2D eigenvalue weighted by molar-refractivity contribution is -0.385. The summed E-state index contributed by atoms with van der Waals surface area (Å²) in [5.74, 6) is -0.569. The molecular weight excluding hydrogens is 294 g/mol. The molecule has 0 aliphatic heterocycles. The predicted molar refractivity (Wildman–Crippen MR) is 61.9 cm³/mol. The maximum atomic E-state index is 11.1. The van der Waals surface area contributed by atoms with Crippen molar-refractivity contribution in [2.45, 2.75) is 6.42 Å². The Morgan fingerprint density at radius 3 is 2.71 bits per heavy atom. The van der Waals surface area contributed by atoms with Crippen LogP contribution in [0.25, 0.3) is 0 Å². The van der Waals surface area contributed by atoms with Crippen molar-refractivity contribution >= 4 is 33.9 Å². The van der Waals surface area contributed by atoms with Gasteiger partial charge in [0.2, 0.25) is 0 Å². The molecule has 0 unspecified atom stereocenters. The van der Waals surface area contributed by atoms with Gasteiger partial charge in [-0.3, -0.25) is 19.7 Å². The third kappa shape index (κ3) is 3.10. The second-order valence-electron chi connectivity index (χ2n) is 3.13. The summed E-state index contributed by atoms with van der Waals surface area (Å²) in [7, 11) is 1.20. The van der Waals surface area contributed by atoms with Crippen molar-refractivity contribution in [3.8, 4) is 0 Å². The van der Waals surface area contributed by atoms with Crippen LogP contribution in [0.4, 0.5) is 5.69 Å². The van der Waals surface area contributed by atoms with E-state index in [9.17, 15) is 19.7 Å². The number of aldehydes is 1. The molecule has 0 amide bonds. The number of carbonyl (C=O) groups excluding carboxylic acids is 2. The van der Waals surface area contributed by atoms with Crippen LogP contribution in [-0.4, -0.2) is 24.3 Å². The fraction of sp³-hybridized carbons (Fsp3) is 0.200. The minimum Gasteiger partial charge on any atom is -0.469 e. The van der Waals surface area contributed by atoms with Crippen LogP contribution in [-0.2, 0) is 16.0 Å². The van der Waals surface area contributed by atoms with E-state index in [-0.39, 0.29) is 27.7 Å². The molecular formula is C10H8BrNO5. The molecule has 0 aliphatic rings. The lowest BCUT2D eigenvalue weighted by atomic mass is 10.0. The van der Waals surface area contributed by atoms with Crippen molar-refractivity contribution in [2.75, 3.05) is 7.11 Å². The number of nitro benzene ring substituents is 1. The molecule has 0 heterocycles. The minimum absolute atomic E-state index is 0.190. The average Bonchev–Trinajstić information content (AvgIpc) is 2.28. The summed E-state index contributed by atoms with van der Waals surface area (Å²) in [6, 6.07) is 2.40. The quantitative estimate of drug-likeness (QED) is 0.367. The van der Waals surface area contributed by atoms with Gasteiger partial charge in [-0.1, -0.05) is 0 Å². The molecule has 1 rings (SSSR count). The fourth-order valence-corrected chi connectivity index (χ4v) is 1.85. The standard InChI is InChI=1S/C10H8BrNO5/c1-17-10(14)3-6-2-7(12(15)16)4-9(11)8(6)5-13/h2,4-5H,3H2,1H3.